The van der Waals surface area contributed by atoms with Crippen LogP contribution in [0.15, 0.2) is 66.2 Å². The highest BCUT2D eigenvalue weighted by atomic mass is 35.5. The van der Waals surface area contributed by atoms with E-state index in [9.17, 15) is 18.8 Å². The van der Waals surface area contributed by atoms with Gasteiger partial charge in [0.2, 0.25) is 0 Å². The summed E-state index contributed by atoms with van der Waals surface area (Å²) in [7, 11) is 0. The molecule has 172 valence electrons. The Labute approximate surface area is 204 Å². The minimum Gasteiger partial charge on any atom is -0.488 e. The van der Waals surface area contributed by atoms with Gasteiger partial charge in [-0.2, -0.15) is 0 Å². The van der Waals surface area contributed by atoms with Crippen molar-refractivity contribution in [1.82, 2.24) is 5.32 Å². The van der Waals surface area contributed by atoms with E-state index in [1.807, 2.05) is 0 Å². The summed E-state index contributed by atoms with van der Waals surface area (Å²) in [5.74, 6) is -1.86. The van der Waals surface area contributed by atoms with E-state index in [2.05, 4.69) is 5.32 Å². The lowest BCUT2D eigenvalue weighted by Gasteiger charge is -2.27. The molecule has 1 aliphatic rings. The van der Waals surface area contributed by atoms with Crippen molar-refractivity contribution in [3.05, 3.63) is 98.8 Å². The first-order valence-corrected chi connectivity index (χ1v) is 10.8. The SMILES string of the molecule is Cc1c(Cl)cccc1N1C(=O)NC(=O)/C(=C\c2cc(Cl)ccc2OCc2ccccc2F)C1=O. The van der Waals surface area contributed by atoms with Gasteiger partial charge in [0, 0.05) is 21.2 Å². The molecule has 0 bridgehead atoms. The van der Waals surface area contributed by atoms with Gasteiger partial charge in [-0.25, -0.2) is 14.1 Å². The van der Waals surface area contributed by atoms with Crippen LogP contribution in [0.4, 0.5) is 14.9 Å². The molecule has 9 heteroatoms. The number of halogens is 3. The van der Waals surface area contributed by atoms with Crippen molar-refractivity contribution in [3.8, 4) is 5.75 Å². The van der Waals surface area contributed by atoms with Crippen molar-refractivity contribution in [3.63, 3.8) is 0 Å². The molecule has 0 aliphatic carbocycles. The topological polar surface area (TPSA) is 75.7 Å². The van der Waals surface area contributed by atoms with E-state index in [1.165, 1.54) is 18.2 Å². The molecule has 6 nitrogen and oxygen atoms in total. The third kappa shape index (κ3) is 4.66. The van der Waals surface area contributed by atoms with Crippen LogP contribution < -0.4 is 15.0 Å². The number of imide groups is 2. The first kappa shape index (κ1) is 23.5. The number of amides is 4. The van der Waals surface area contributed by atoms with Gasteiger partial charge in [-0.15, -0.1) is 0 Å². The minimum atomic E-state index is -0.889. The van der Waals surface area contributed by atoms with Crippen molar-refractivity contribution < 1.29 is 23.5 Å². The molecule has 1 aliphatic heterocycles. The molecule has 0 unspecified atom stereocenters. The molecule has 1 heterocycles. The number of anilines is 1. The van der Waals surface area contributed by atoms with Gasteiger partial charge in [-0.3, -0.25) is 14.9 Å². The fourth-order valence-electron chi connectivity index (χ4n) is 3.40. The molecular weight excluding hydrogens is 482 g/mol. The largest absolute Gasteiger partial charge is 0.488 e. The van der Waals surface area contributed by atoms with Gasteiger partial charge >= 0.3 is 6.03 Å². The van der Waals surface area contributed by atoms with Crippen molar-refractivity contribution in [2.45, 2.75) is 13.5 Å². The third-order valence-corrected chi connectivity index (χ3v) is 5.84. The summed E-state index contributed by atoms with van der Waals surface area (Å²) in [6.45, 7) is 1.57. The van der Waals surface area contributed by atoms with Crippen LogP contribution in [0.5, 0.6) is 5.75 Å². The number of urea groups is 1. The zero-order chi connectivity index (χ0) is 24.4. The molecule has 3 aromatic rings. The van der Waals surface area contributed by atoms with Crippen LogP contribution in [0.2, 0.25) is 10.0 Å². The van der Waals surface area contributed by atoms with E-state index in [0.29, 0.717) is 26.7 Å². The molecular formula is C25H17Cl2FN2O4. The molecule has 0 atom stereocenters. The van der Waals surface area contributed by atoms with Gasteiger partial charge in [-0.1, -0.05) is 47.5 Å². The average Bonchev–Trinajstić information content (AvgIpc) is 2.79. The first-order valence-electron chi connectivity index (χ1n) is 10.1. The first-order chi connectivity index (χ1) is 16.3. The molecule has 0 spiro atoms. The lowest BCUT2D eigenvalue weighted by molar-refractivity contribution is -0.122. The summed E-state index contributed by atoms with van der Waals surface area (Å²) in [6.07, 6.45) is 1.28. The van der Waals surface area contributed by atoms with Crippen molar-refractivity contribution >= 4 is 52.8 Å². The smallest absolute Gasteiger partial charge is 0.335 e. The molecule has 3 aromatic carbocycles. The van der Waals surface area contributed by atoms with E-state index in [4.69, 9.17) is 27.9 Å². The number of hydrogen-bond donors (Lipinski definition) is 1. The second-order valence-corrected chi connectivity index (χ2v) is 8.25. The summed E-state index contributed by atoms with van der Waals surface area (Å²) in [5.41, 5.74) is 1.07. The Morgan fingerprint density at radius 2 is 1.79 bits per heavy atom. The number of carbonyl (C=O) groups excluding carboxylic acids is 3. The fourth-order valence-corrected chi connectivity index (χ4v) is 3.75. The maximum atomic E-state index is 14.0. The van der Waals surface area contributed by atoms with E-state index in [1.54, 1.807) is 55.5 Å². The van der Waals surface area contributed by atoms with Gasteiger partial charge < -0.3 is 4.74 Å². The lowest BCUT2D eigenvalue weighted by atomic mass is 10.0. The molecule has 0 radical (unpaired) electrons. The van der Waals surface area contributed by atoms with Crippen LogP contribution >= 0.6 is 23.2 Å². The van der Waals surface area contributed by atoms with Crippen molar-refractivity contribution in [2.75, 3.05) is 4.90 Å². The van der Waals surface area contributed by atoms with Crippen LogP contribution in [0.1, 0.15) is 16.7 Å². The van der Waals surface area contributed by atoms with E-state index in [-0.39, 0.29) is 23.6 Å². The number of ether oxygens (including phenoxy) is 1. The van der Waals surface area contributed by atoms with Crippen molar-refractivity contribution in [2.24, 2.45) is 0 Å². The van der Waals surface area contributed by atoms with Crippen LogP contribution in [-0.4, -0.2) is 17.8 Å². The number of carbonyl (C=O) groups is 3. The Hall–Kier alpha value is -3.68. The van der Waals surface area contributed by atoms with Gasteiger partial charge in [0.1, 0.15) is 23.7 Å². The summed E-state index contributed by atoms with van der Waals surface area (Å²) in [6, 6.07) is 14.6. The van der Waals surface area contributed by atoms with Crippen LogP contribution in [0.25, 0.3) is 6.08 Å². The maximum Gasteiger partial charge on any atom is 0.335 e. The van der Waals surface area contributed by atoms with E-state index < -0.39 is 23.7 Å². The minimum absolute atomic E-state index is 0.0864. The number of barbiturate groups is 1. The fraction of sp³-hybridized carbons (Fsp3) is 0.0800. The molecule has 4 amide bonds. The Morgan fingerprint density at radius 1 is 1.03 bits per heavy atom. The molecule has 1 saturated heterocycles. The Balaban J connectivity index is 1.71. The number of nitrogens with one attached hydrogen (secondary N) is 1. The monoisotopic (exact) mass is 498 g/mol. The summed E-state index contributed by atoms with van der Waals surface area (Å²) >= 11 is 12.3. The van der Waals surface area contributed by atoms with Crippen LogP contribution in [0.3, 0.4) is 0 Å². The number of rotatable bonds is 5. The highest BCUT2D eigenvalue weighted by molar-refractivity contribution is 6.40. The van der Waals surface area contributed by atoms with Gasteiger partial charge in [0.15, 0.2) is 0 Å². The summed E-state index contributed by atoms with van der Waals surface area (Å²) in [5, 5.41) is 2.85. The molecule has 0 saturated carbocycles. The zero-order valence-corrected chi connectivity index (χ0v) is 19.3. The Bertz CT molecular complexity index is 1360. The van der Waals surface area contributed by atoms with Gasteiger partial charge in [-0.05, 0) is 55.0 Å². The molecule has 4 rings (SSSR count). The molecule has 1 fully saturated rings. The lowest BCUT2D eigenvalue weighted by Crippen LogP contribution is -2.54. The molecule has 34 heavy (non-hydrogen) atoms. The van der Waals surface area contributed by atoms with Crippen LogP contribution in [0, 0.1) is 12.7 Å². The standard InChI is InChI=1S/C25H17Cl2FN2O4/c1-14-19(27)6-4-8-21(14)30-24(32)18(23(31)29-25(30)33)12-16-11-17(26)9-10-22(16)34-13-15-5-2-3-7-20(15)28/h2-12H,13H2,1H3,(H,29,31,33)/b18-12+. The normalized spacial score (nSPS) is 15.0. The number of benzene rings is 3. The second-order valence-electron chi connectivity index (χ2n) is 7.40. The van der Waals surface area contributed by atoms with E-state index >= 15 is 0 Å². The van der Waals surface area contributed by atoms with Crippen molar-refractivity contribution in [1.29, 1.82) is 0 Å². The number of hydrogen-bond acceptors (Lipinski definition) is 4. The summed E-state index contributed by atoms with van der Waals surface area (Å²) in [4.78, 5) is 39.2. The van der Waals surface area contributed by atoms with Gasteiger partial charge in [0.05, 0.1) is 5.69 Å². The third-order valence-electron chi connectivity index (χ3n) is 5.19. The Morgan fingerprint density at radius 3 is 2.56 bits per heavy atom. The molecule has 1 N–H and O–H groups in total. The van der Waals surface area contributed by atoms with Crippen LogP contribution in [-0.2, 0) is 16.2 Å². The second kappa shape index (κ2) is 9.67. The Kier molecular flexibility index (Phi) is 6.68. The van der Waals surface area contributed by atoms with E-state index in [0.717, 1.165) is 4.90 Å². The number of nitrogens with zero attached hydrogens (tertiary/aromatic N) is 1. The van der Waals surface area contributed by atoms with Gasteiger partial charge in [0.25, 0.3) is 11.8 Å². The highest BCUT2D eigenvalue weighted by Crippen LogP contribution is 2.31. The average molecular weight is 499 g/mol. The predicted molar refractivity (Wildman–Crippen MR) is 127 cm³/mol. The molecule has 0 aromatic heterocycles. The quantitative estimate of drug-likeness (QED) is 0.362. The summed E-state index contributed by atoms with van der Waals surface area (Å²) < 4.78 is 19.7. The highest BCUT2D eigenvalue weighted by Gasteiger charge is 2.37. The zero-order valence-electron chi connectivity index (χ0n) is 17.8. The predicted octanol–water partition coefficient (Wildman–Crippen LogP) is 5.69. The maximum absolute atomic E-state index is 14.0.